The van der Waals surface area contributed by atoms with E-state index in [2.05, 4.69) is 17.4 Å². The first kappa shape index (κ1) is 27.6. The van der Waals surface area contributed by atoms with E-state index in [1.165, 1.54) is 68.2 Å². The fourth-order valence-electron chi connectivity index (χ4n) is 7.64. The third-order valence-corrected chi connectivity index (χ3v) is 10.3. The van der Waals surface area contributed by atoms with E-state index in [1.54, 1.807) is 19.1 Å². The molecule has 4 saturated carbocycles. The lowest BCUT2D eigenvalue weighted by Gasteiger charge is -2.57. The fraction of sp³-hybridized carbons (Fsp3) is 0.533. The molecule has 9 heteroatoms. The van der Waals surface area contributed by atoms with E-state index in [9.17, 15) is 22.4 Å². The van der Waals surface area contributed by atoms with Crippen molar-refractivity contribution in [2.45, 2.75) is 63.5 Å². The molecule has 0 aromatic heterocycles. The molecule has 0 aliphatic heterocycles. The van der Waals surface area contributed by atoms with Gasteiger partial charge >= 0.3 is 0 Å². The molecule has 4 fully saturated rings. The zero-order valence-electron chi connectivity index (χ0n) is 22.9. The summed E-state index contributed by atoms with van der Waals surface area (Å²) in [5, 5.41) is 2.55. The van der Waals surface area contributed by atoms with Gasteiger partial charge in [-0.1, -0.05) is 24.3 Å². The van der Waals surface area contributed by atoms with Crippen molar-refractivity contribution in [1.29, 1.82) is 0 Å². The van der Waals surface area contributed by atoms with E-state index >= 15 is 0 Å². The highest BCUT2D eigenvalue weighted by molar-refractivity contribution is 7.92. The highest BCUT2D eigenvalue weighted by Gasteiger charge is 2.51. The SMILES string of the molecule is CNC(=O)C(C)N(Cc1ccc(F)cc1)C(=O)CN(c1ccc(C23CC4CC(CC(C4)C2)C3)cc1)S(C)(=O)=O. The van der Waals surface area contributed by atoms with Gasteiger partial charge < -0.3 is 10.2 Å². The smallest absolute Gasteiger partial charge is 0.244 e. The summed E-state index contributed by atoms with van der Waals surface area (Å²) >= 11 is 0. The van der Waals surface area contributed by atoms with Gasteiger partial charge in [-0.15, -0.1) is 0 Å². The second-order valence-electron chi connectivity index (χ2n) is 12.0. The lowest BCUT2D eigenvalue weighted by molar-refractivity contribution is -0.139. The van der Waals surface area contributed by atoms with Crippen molar-refractivity contribution in [2.75, 3.05) is 24.2 Å². The number of anilines is 1. The number of hydrogen-bond donors (Lipinski definition) is 1. The van der Waals surface area contributed by atoms with Gasteiger partial charge in [0.1, 0.15) is 18.4 Å². The Balaban J connectivity index is 1.38. The van der Waals surface area contributed by atoms with Crippen molar-refractivity contribution in [3.63, 3.8) is 0 Å². The van der Waals surface area contributed by atoms with Crippen LogP contribution in [0.3, 0.4) is 0 Å². The van der Waals surface area contributed by atoms with Crippen molar-refractivity contribution in [3.8, 4) is 0 Å². The number of hydrogen-bond acceptors (Lipinski definition) is 4. The number of benzene rings is 2. The molecule has 0 spiro atoms. The Hall–Kier alpha value is -2.94. The van der Waals surface area contributed by atoms with Gasteiger partial charge in [0, 0.05) is 13.6 Å². The van der Waals surface area contributed by atoms with Gasteiger partial charge in [-0.3, -0.25) is 13.9 Å². The second kappa shape index (κ2) is 10.6. The second-order valence-corrected chi connectivity index (χ2v) is 13.9. The molecular weight excluding hydrogens is 517 g/mol. The number of likely N-dealkylation sites (N-methyl/N-ethyl adjacent to an activating group) is 1. The van der Waals surface area contributed by atoms with Crippen LogP contribution in [0.5, 0.6) is 0 Å². The van der Waals surface area contributed by atoms with Crippen LogP contribution in [-0.4, -0.2) is 51.0 Å². The Kier molecular flexibility index (Phi) is 7.48. The first-order valence-corrected chi connectivity index (χ1v) is 15.7. The van der Waals surface area contributed by atoms with Crippen LogP contribution in [0.4, 0.5) is 10.1 Å². The van der Waals surface area contributed by atoms with Crippen LogP contribution >= 0.6 is 0 Å². The van der Waals surface area contributed by atoms with Crippen LogP contribution < -0.4 is 9.62 Å². The summed E-state index contributed by atoms with van der Waals surface area (Å²) in [6.45, 7) is 1.18. The summed E-state index contributed by atoms with van der Waals surface area (Å²) < 4.78 is 40.3. The quantitative estimate of drug-likeness (QED) is 0.502. The number of carbonyl (C=O) groups is 2. The van der Waals surface area contributed by atoms with E-state index in [-0.39, 0.29) is 17.9 Å². The van der Waals surface area contributed by atoms with Gasteiger partial charge in [0.2, 0.25) is 21.8 Å². The molecule has 4 aliphatic carbocycles. The molecule has 0 saturated heterocycles. The lowest BCUT2D eigenvalue weighted by Crippen LogP contribution is -2.50. The molecule has 0 heterocycles. The molecule has 7 nitrogen and oxygen atoms in total. The average Bonchev–Trinajstić information content (AvgIpc) is 2.89. The van der Waals surface area contributed by atoms with E-state index in [0.29, 0.717) is 11.3 Å². The maximum atomic E-state index is 13.6. The van der Waals surface area contributed by atoms with E-state index in [4.69, 9.17) is 0 Å². The Morgan fingerprint density at radius 1 is 0.974 bits per heavy atom. The minimum atomic E-state index is -3.80. The summed E-state index contributed by atoms with van der Waals surface area (Å²) in [6, 6.07) is 12.5. The molecule has 39 heavy (non-hydrogen) atoms. The largest absolute Gasteiger partial charge is 0.357 e. The van der Waals surface area contributed by atoms with E-state index in [1.807, 2.05) is 12.1 Å². The van der Waals surface area contributed by atoms with Crippen LogP contribution in [-0.2, 0) is 31.6 Å². The topological polar surface area (TPSA) is 86.8 Å². The molecule has 4 bridgehead atoms. The summed E-state index contributed by atoms with van der Waals surface area (Å²) in [4.78, 5) is 27.4. The first-order valence-electron chi connectivity index (χ1n) is 13.8. The first-order chi connectivity index (χ1) is 18.5. The number of carbonyl (C=O) groups excluding carboxylic acids is 2. The summed E-state index contributed by atoms with van der Waals surface area (Å²) in [6.07, 6.45) is 8.77. The molecule has 6 rings (SSSR count). The van der Waals surface area contributed by atoms with Crippen molar-refractivity contribution >= 4 is 27.5 Å². The molecule has 1 atom stereocenters. The number of nitrogens with zero attached hydrogens (tertiary/aromatic N) is 2. The molecule has 2 amide bonds. The molecule has 4 aliphatic rings. The predicted molar refractivity (Wildman–Crippen MR) is 149 cm³/mol. The molecule has 2 aromatic rings. The number of sulfonamides is 1. The average molecular weight is 556 g/mol. The van der Waals surface area contributed by atoms with Gasteiger partial charge in [-0.05, 0) is 104 Å². The van der Waals surface area contributed by atoms with E-state index < -0.39 is 34.3 Å². The maximum Gasteiger partial charge on any atom is 0.244 e. The fourth-order valence-corrected chi connectivity index (χ4v) is 8.49. The normalized spacial score (nSPS) is 26.2. The van der Waals surface area contributed by atoms with Crippen LogP contribution in [0.1, 0.15) is 56.6 Å². The number of halogens is 1. The zero-order chi connectivity index (χ0) is 27.9. The van der Waals surface area contributed by atoms with Crippen molar-refractivity contribution < 1.29 is 22.4 Å². The Morgan fingerprint density at radius 3 is 2.00 bits per heavy atom. The Morgan fingerprint density at radius 2 is 1.51 bits per heavy atom. The third kappa shape index (κ3) is 5.69. The minimum absolute atomic E-state index is 0.0380. The molecular formula is C30H38FN3O4S. The van der Waals surface area contributed by atoms with E-state index in [0.717, 1.165) is 28.3 Å². The van der Waals surface area contributed by atoms with Crippen LogP contribution in [0.15, 0.2) is 48.5 Å². The maximum absolute atomic E-state index is 13.6. The van der Waals surface area contributed by atoms with Crippen LogP contribution in [0.2, 0.25) is 0 Å². The minimum Gasteiger partial charge on any atom is -0.357 e. The van der Waals surface area contributed by atoms with Gasteiger partial charge in [0.15, 0.2) is 0 Å². The summed E-state index contributed by atoms with van der Waals surface area (Å²) in [5.74, 6) is 1.10. The zero-order valence-corrected chi connectivity index (χ0v) is 23.7. The summed E-state index contributed by atoms with van der Waals surface area (Å²) in [7, 11) is -2.32. The van der Waals surface area contributed by atoms with Crippen molar-refractivity contribution in [3.05, 3.63) is 65.5 Å². The standard InChI is InChI=1S/C30H38FN3O4S/c1-20(29(36)32-2)33(18-21-4-8-26(31)9-5-21)28(35)19-34(39(3,37)38)27-10-6-25(7-11-27)30-15-22-12-23(16-30)14-24(13-22)17-30/h4-11,20,22-24H,12-19H2,1-3H3,(H,32,36). The van der Waals surface area contributed by atoms with Gasteiger partial charge in [0.05, 0.1) is 11.9 Å². The van der Waals surface area contributed by atoms with Gasteiger partial charge in [-0.25, -0.2) is 12.8 Å². The highest BCUT2D eigenvalue weighted by Crippen LogP contribution is 2.60. The van der Waals surface area contributed by atoms with Gasteiger partial charge in [0.25, 0.3) is 0 Å². The molecule has 1 unspecified atom stereocenters. The molecule has 2 aromatic carbocycles. The number of nitrogens with one attached hydrogen (secondary N) is 1. The Bertz CT molecular complexity index is 1290. The molecule has 0 radical (unpaired) electrons. The molecule has 1 N–H and O–H groups in total. The highest BCUT2D eigenvalue weighted by atomic mass is 32.2. The van der Waals surface area contributed by atoms with Crippen molar-refractivity contribution in [2.24, 2.45) is 17.8 Å². The number of rotatable bonds is 9. The van der Waals surface area contributed by atoms with Crippen LogP contribution in [0.25, 0.3) is 0 Å². The monoisotopic (exact) mass is 555 g/mol. The number of amides is 2. The Labute approximate surface area is 230 Å². The van der Waals surface area contributed by atoms with Gasteiger partial charge in [-0.2, -0.15) is 0 Å². The predicted octanol–water partition coefficient (Wildman–Crippen LogP) is 4.22. The lowest BCUT2D eigenvalue weighted by atomic mass is 9.48. The third-order valence-electron chi connectivity index (χ3n) is 9.16. The van der Waals surface area contributed by atoms with Crippen molar-refractivity contribution in [1.82, 2.24) is 10.2 Å². The van der Waals surface area contributed by atoms with Crippen LogP contribution in [0, 0.1) is 23.6 Å². The molecule has 210 valence electrons. The summed E-state index contributed by atoms with van der Waals surface area (Å²) in [5.41, 5.74) is 2.52.